The molecule has 4 nitrogen and oxygen atoms in total. The number of benzene rings is 2. The van der Waals surface area contributed by atoms with Gasteiger partial charge in [0.05, 0.1) is 17.8 Å². The minimum Gasteiger partial charge on any atom is -0.375 e. The fourth-order valence-corrected chi connectivity index (χ4v) is 2.30. The van der Waals surface area contributed by atoms with Crippen LogP contribution in [-0.2, 0) is 4.79 Å². The molecule has 106 valence electrons. The fourth-order valence-electron chi connectivity index (χ4n) is 1.67. The van der Waals surface area contributed by atoms with Crippen molar-refractivity contribution < 1.29 is 4.79 Å². The van der Waals surface area contributed by atoms with Gasteiger partial charge in [0.15, 0.2) is 0 Å². The first-order valence-corrected chi connectivity index (χ1v) is 7.66. The lowest BCUT2D eigenvalue weighted by atomic mass is 10.2. The van der Waals surface area contributed by atoms with E-state index in [1.807, 2.05) is 24.3 Å². The summed E-state index contributed by atoms with van der Waals surface area (Å²) >= 11 is 6.67. The van der Waals surface area contributed by atoms with Crippen LogP contribution >= 0.6 is 31.9 Å². The zero-order valence-corrected chi connectivity index (χ0v) is 14.0. The summed E-state index contributed by atoms with van der Waals surface area (Å²) in [5.41, 5.74) is 1.84. The van der Waals surface area contributed by atoms with Crippen molar-refractivity contribution in [2.24, 2.45) is 0 Å². The summed E-state index contributed by atoms with van der Waals surface area (Å²) < 4.78 is 1.80. The Morgan fingerprint density at radius 1 is 1.10 bits per heavy atom. The highest BCUT2D eigenvalue weighted by atomic mass is 79.9. The Morgan fingerprint density at radius 3 is 2.43 bits per heavy atom. The van der Waals surface area contributed by atoms with Crippen LogP contribution in [0.1, 0.15) is 5.56 Å². The van der Waals surface area contributed by atoms with Gasteiger partial charge in [-0.1, -0.05) is 31.9 Å². The SMILES string of the molecule is N#Cc1ccc(Br)cc1NCC(=O)Nc1ccc(Br)cc1. The van der Waals surface area contributed by atoms with Crippen LogP contribution in [0.4, 0.5) is 11.4 Å². The van der Waals surface area contributed by atoms with E-state index in [2.05, 4.69) is 48.6 Å². The van der Waals surface area contributed by atoms with E-state index in [1.165, 1.54) is 0 Å². The van der Waals surface area contributed by atoms with Crippen molar-refractivity contribution in [1.82, 2.24) is 0 Å². The molecule has 0 aliphatic rings. The van der Waals surface area contributed by atoms with Gasteiger partial charge in [-0.05, 0) is 42.5 Å². The number of halogens is 2. The molecule has 0 aliphatic carbocycles. The molecule has 0 fully saturated rings. The molecule has 0 saturated heterocycles. The first-order valence-electron chi connectivity index (χ1n) is 6.07. The van der Waals surface area contributed by atoms with Gasteiger partial charge in [0, 0.05) is 14.6 Å². The van der Waals surface area contributed by atoms with Gasteiger partial charge in [0.25, 0.3) is 0 Å². The Kier molecular flexibility index (Phi) is 5.37. The number of rotatable bonds is 4. The number of carbonyl (C=O) groups excluding carboxylic acids is 1. The molecular weight excluding hydrogens is 398 g/mol. The number of nitriles is 1. The largest absolute Gasteiger partial charge is 0.375 e. The van der Waals surface area contributed by atoms with E-state index in [4.69, 9.17) is 5.26 Å². The number of nitrogens with zero attached hydrogens (tertiary/aromatic N) is 1. The van der Waals surface area contributed by atoms with Crippen molar-refractivity contribution in [2.45, 2.75) is 0 Å². The van der Waals surface area contributed by atoms with Gasteiger partial charge in [0.1, 0.15) is 6.07 Å². The number of amides is 1. The van der Waals surface area contributed by atoms with Crippen LogP contribution in [0, 0.1) is 11.3 Å². The van der Waals surface area contributed by atoms with Crippen molar-refractivity contribution >= 4 is 49.1 Å². The summed E-state index contributed by atoms with van der Waals surface area (Å²) in [6.07, 6.45) is 0. The van der Waals surface area contributed by atoms with Crippen LogP contribution in [0.5, 0.6) is 0 Å². The molecule has 0 aliphatic heterocycles. The lowest BCUT2D eigenvalue weighted by molar-refractivity contribution is -0.114. The lowest BCUT2D eigenvalue weighted by Gasteiger charge is -2.09. The molecule has 0 saturated carbocycles. The number of hydrogen-bond acceptors (Lipinski definition) is 3. The summed E-state index contributed by atoms with van der Waals surface area (Å²) in [7, 11) is 0. The van der Waals surface area contributed by atoms with Crippen LogP contribution in [-0.4, -0.2) is 12.5 Å². The molecule has 0 radical (unpaired) electrons. The Balaban J connectivity index is 1.97. The summed E-state index contributed by atoms with van der Waals surface area (Å²) in [6.45, 7) is 0.0845. The maximum absolute atomic E-state index is 11.9. The molecule has 0 atom stereocenters. The minimum atomic E-state index is -0.179. The third kappa shape index (κ3) is 4.59. The van der Waals surface area contributed by atoms with E-state index >= 15 is 0 Å². The van der Waals surface area contributed by atoms with E-state index in [1.54, 1.807) is 18.2 Å². The average molecular weight is 409 g/mol. The summed E-state index contributed by atoms with van der Waals surface area (Å²) in [4.78, 5) is 11.9. The van der Waals surface area contributed by atoms with E-state index in [9.17, 15) is 4.79 Å². The van der Waals surface area contributed by atoms with Crippen LogP contribution in [0.2, 0.25) is 0 Å². The quantitative estimate of drug-likeness (QED) is 0.799. The zero-order chi connectivity index (χ0) is 15.2. The lowest BCUT2D eigenvalue weighted by Crippen LogP contribution is -2.22. The number of hydrogen-bond donors (Lipinski definition) is 2. The Bertz CT molecular complexity index is 693. The van der Waals surface area contributed by atoms with Gasteiger partial charge in [-0.2, -0.15) is 5.26 Å². The zero-order valence-electron chi connectivity index (χ0n) is 10.9. The van der Waals surface area contributed by atoms with E-state index < -0.39 is 0 Å². The van der Waals surface area contributed by atoms with E-state index in [0.717, 1.165) is 14.6 Å². The molecule has 0 bridgehead atoms. The average Bonchev–Trinajstić information content (AvgIpc) is 2.48. The fraction of sp³-hybridized carbons (Fsp3) is 0.0667. The molecule has 21 heavy (non-hydrogen) atoms. The smallest absolute Gasteiger partial charge is 0.243 e. The van der Waals surface area contributed by atoms with Crippen molar-refractivity contribution in [3.8, 4) is 6.07 Å². The van der Waals surface area contributed by atoms with Gasteiger partial charge in [-0.25, -0.2) is 0 Å². The summed E-state index contributed by atoms with van der Waals surface area (Å²) in [6, 6.07) is 14.6. The van der Waals surface area contributed by atoms with Crippen LogP contribution in [0.15, 0.2) is 51.4 Å². The molecule has 0 spiro atoms. The van der Waals surface area contributed by atoms with Crippen LogP contribution in [0.25, 0.3) is 0 Å². The standard InChI is InChI=1S/C15H11Br2N3O/c16-11-3-5-13(6-4-11)20-15(21)9-19-14-7-12(17)2-1-10(14)8-18/h1-7,19H,9H2,(H,20,21). The first-order chi connectivity index (χ1) is 10.1. The van der Waals surface area contributed by atoms with Crippen LogP contribution in [0.3, 0.4) is 0 Å². The topological polar surface area (TPSA) is 64.9 Å². The highest BCUT2D eigenvalue weighted by Gasteiger charge is 2.06. The molecule has 2 aromatic carbocycles. The van der Waals surface area contributed by atoms with Crippen molar-refractivity contribution in [2.75, 3.05) is 17.2 Å². The van der Waals surface area contributed by atoms with Crippen molar-refractivity contribution in [1.29, 1.82) is 5.26 Å². The predicted octanol–water partition coefficient (Wildman–Crippen LogP) is 4.13. The predicted molar refractivity (Wildman–Crippen MR) is 90.1 cm³/mol. The Morgan fingerprint density at radius 2 is 1.76 bits per heavy atom. The highest BCUT2D eigenvalue weighted by molar-refractivity contribution is 9.10. The molecule has 2 aromatic rings. The van der Waals surface area contributed by atoms with Crippen molar-refractivity contribution in [3.63, 3.8) is 0 Å². The molecule has 1 amide bonds. The maximum Gasteiger partial charge on any atom is 0.243 e. The second kappa shape index (κ2) is 7.25. The third-order valence-electron chi connectivity index (χ3n) is 2.67. The Labute approximate surface area is 139 Å². The molecule has 2 rings (SSSR count). The number of carbonyl (C=O) groups is 1. The van der Waals surface area contributed by atoms with Gasteiger partial charge >= 0.3 is 0 Å². The van der Waals surface area contributed by atoms with Gasteiger partial charge in [-0.15, -0.1) is 0 Å². The Hall–Kier alpha value is -1.84. The van der Waals surface area contributed by atoms with Crippen LogP contribution < -0.4 is 10.6 Å². The molecule has 0 aromatic heterocycles. The summed E-state index contributed by atoms with van der Waals surface area (Å²) in [5.74, 6) is -0.179. The first kappa shape index (κ1) is 15.5. The maximum atomic E-state index is 11.9. The number of anilines is 2. The second-order valence-electron chi connectivity index (χ2n) is 4.21. The molecule has 2 N–H and O–H groups in total. The minimum absolute atomic E-state index is 0.0845. The van der Waals surface area contributed by atoms with Crippen molar-refractivity contribution in [3.05, 3.63) is 57.0 Å². The molecule has 0 unspecified atom stereocenters. The highest BCUT2D eigenvalue weighted by Crippen LogP contribution is 2.20. The van der Waals surface area contributed by atoms with Gasteiger partial charge < -0.3 is 10.6 Å². The third-order valence-corrected chi connectivity index (χ3v) is 3.69. The van der Waals surface area contributed by atoms with Gasteiger partial charge in [-0.3, -0.25) is 4.79 Å². The normalized spacial score (nSPS) is 9.76. The summed E-state index contributed by atoms with van der Waals surface area (Å²) in [5, 5.41) is 14.8. The van der Waals surface area contributed by atoms with E-state index in [-0.39, 0.29) is 12.5 Å². The van der Waals surface area contributed by atoms with Gasteiger partial charge in [0.2, 0.25) is 5.91 Å². The molecule has 0 heterocycles. The second-order valence-corrected chi connectivity index (χ2v) is 6.04. The number of nitrogens with one attached hydrogen (secondary N) is 2. The molecular formula is C15H11Br2N3O. The molecule has 6 heteroatoms. The monoisotopic (exact) mass is 407 g/mol. The van der Waals surface area contributed by atoms with E-state index in [0.29, 0.717) is 11.3 Å².